The van der Waals surface area contributed by atoms with E-state index >= 15 is 0 Å². The second kappa shape index (κ2) is 20.4. The maximum absolute atomic E-state index is 14.9. The van der Waals surface area contributed by atoms with Crippen molar-refractivity contribution >= 4 is 35.5 Å². The number of hydrogen-bond acceptors (Lipinski definition) is 9. The maximum atomic E-state index is 14.9. The summed E-state index contributed by atoms with van der Waals surface area (Å²) in [7, 11) is 0. The van der Waals surface area contributed by atoms with Crippen LogP contribution in [0.1, 0.15) is 56.5 Å². The smallest absolute Gasteiger partial charge is 0.475 e. The van der Waals surface area contributed by atoms with Gasteiger partial charge in [-0.25, -0.2) is 18.3 Å². The maximum Gasteiger partial charge on any atom is 0.490 e. The average Bonchev–Trinajstić information content (AvgIpc) is 3.70. The first-order valence-corrected chi connectivity index (χ1v) is 17.8. The fourth-order valence-corrected chi connectivity index (χ4v) is 5.79. The van der Waals surface area contributed by atoms with Gasteiger partial charge in [0, 0.05) is 69.0 Å². The molecule has 0 radical (unpaired) electrons. The molecule has 1 aliphatic heterocycles. The molecule has 6 N–H and O–H groups in total. The fraction of sp³-hybridized carbons (Fsp3) is 0.395. The standard InChI is InChI=1S/C36H43F2N7O6.C2HF3O2/c1-36(2,3)34(33-24(19-23-7-5-4-6-8-23)21-45(42-33)28-20-25(37)9-10-26(28)38)44(32(50)22-46)17-14-27(39)35(51)41-15-13-29(47)40-16-18-43-30(48)11-12-31(43)49;3-2(4,5)1(6)7/h4-12,20-21,27,34,46H,13-19,22,39H2,1-3H3,(H,40,47)(H,41,51);(H,6,7)/t27-,34-;/m0./s1. The highest BCUT2D eigenvalue weighted by Gasteiger charge is 2.39. The van der Waals surface area contributed by atoms with Gasteiger partial charge in [-0.15, -0.1) is 0 Å². The predicted molar refractivity (Wildman–Crippen MR) is 197 cm³/mol. The van der Waals surface area contributed by atoms with Crippen LogP contribution in [0.3, 0.4) is 0 Å². The molecule has 314 valence electrons. The van der Waals surface area contributed by atoms with E-state index in [9.17, 15) is 51.0 Å². The van der Waals surface area contributed by atoms with Gasteiger partial charge in [-0.2, -0.15) is 18.3 Å². The molecule has 0 saturated heterocycles. The van der Waals surface area contributed by atoms with Crippen LogP contribution in [0, 0.1) is 17.0 Å². The highest BCUT2D eigenvalue weighted by Crippen LogP contribution is 2.40. The van der Waals surface area contributed by atoms with Crippen LogP contribution in [0.15, 0.2) is 66.9 Å². The highest BCUT2D eigenvalue weighted by molar-refractivity contribution is 6.12. The molecule has 1 aliphatic rings. The van der Waals surface area contributed by atoms with Crippen molar-refractivity contribution in [3.63, 3.8) is 0 Å². The number of halogens is 5. The average molecular weight is 822 g/mol. The summed E-state index contributed by atoms with van der Waals surface area (Å²) in [6, 6.07) is 10.6. The summed E-state index contributed by atoms with van der Waals surface area (Å²) in [4.78, 5) is 73.0. The van der Waals surface area contributed by atoms with Crippen molar-refractivity contribution in [2.24, 2.45) is 11.1 Å². The third kappa shape index (κ3) is 13.3. The number of imide groups is 1. The topological polar surface area (TPSA) is 217 Å². The number of carbonyl (C=O) groups excluding carboxylic acids is 5. The molecule has 2 atom stereocenters. The first-order valence-electron chi connectivity index (χ1n) is 17.8. The second-order valence-electron chi connectivity index (χ2n) is 14.0. The molecule has 0 aliphatic carbocycles. The third-order valence-electron chi connectivity index (χ3n) is 8.53. The Morgan fingerprint density at radius 3 is 2.14 bits per heavy atom. The van der Waals surface area contributed by atoms with Crippen LogP contribution < -0.4 is 16.4 Å². The number of carbonyl (C=O) groups is 6. The molecule has 1 aromatic heterocycles. The van der Waals surface area contributed by atoms with Gasteiger partial charge >= 0.3 is 12.1 Å². The van der Waals surface area contributed by atoms with Crippen LogP contribution in [0.5, 0.6) is 0 Å². The summed E-state index contributed by atoms with van der Waals surface area (Å²) >= 11 is 0. The van der Waals surface area contributed by atoms with E-state index in [1.54, 1.807) is 6.20 Å². The SMILES string of the molecule is CC(C)(C)[C@H](c1nn(-c2cc(F)ccc2F)cc1Cc1ccccc1)N(CC[C@H](N)C(=O)NCCC(=O)NCCN1C(=O)C=CC1=O)C(=O)CO.O=C(O)C(F)(F)F. The monoisotopic (exact) mass is 821 g/mol. The van der Waals surface area contributed by atoms with E-state index in [1.165, 1.54) is 9.58 Å². The van der Waals surface area contributed by atoms with Crippen molar-refractivity contribution in [3.8, 4) is 5.69 Å². The van der Waals surface area contributed by atoms with E-state index in [-0.39, 0.29) is 44.7 Å². The van der Waals surface area contributed by atoms with Crippen LogP contribution in [0.4, 0.5) is 22.0 Å². The molecule has 0 bridgehead atoms. The summed E-state index contributed by atoms with van der Waals surface area (Å²) in [5, 5.41) is 27.0. The van der Waals surface area contributed by atoms with Crippen LogP contribution in [-0.4, -0.2) is 110 Å². The lowest BCUT2D eigenvalue weighted by Crippen LogP contribution is -2.47. The molecule has 0 fully saturated rings. The minimum atomic E-state index is -5.08. The summed E-state index contributed by atoms with van der Waals surface area (Å²) in [6.07, 6.45) is -0.937. The predicted octanol–water partition coefficient (Wildman–Crippen LogP) is 2.55. The lowest BCUT2D eigenvalue weighted by molar-refractivity contribution is -0.192. The number of carboxylic acids is 1. The number of nitrogens with zero attached hydrogens (tertiary/aromatic N) is 4. The zero-order valence-electron chi connectivity index (χ0n) is 31.8. The van der Waals surface area contributed by atoms with Crippen molar-refractivity contribution in [2.45, 2.75) is 58.3 Å². The molecule has 20 heteroatoms. The van der Waals surface area contributed by atoms with E-state index < -0.39 is 77.4 Å². The number of nitrogens with one attached hydrogen (secondary N) is 2. The number of amides is 5. The molecule has 4 rings (SSSR count). The van der Waals surface area contributed by atoms with E-state index in [0.29, 0.717) is 17.7 Å². The Hall–Kier alpha value is -6.02. The number of carboxylic acid groups (broad SMARTS) is 1. The summed E-state index contributed by atoms with van der Waals surface area (Å²) in [5.74, 6) is -6.65. The lowest BCUT2D eigenvalue weighted by Gasteiger charge is -2.40. The number of alkyl halides is 3. The summed E-state index contributed by atoms with van der Waals surface area (Å²) < 4.78 is 62.1. The molecule has 15 nitrogen and oxygen atoms in total. The van der Waals surface area contributed by atoms with Crippen molar-refractivity contribution < 1.29 is 60.9 Å². The largest absolute Gasteiger partial charge is 0.490 e. The fourth-order valence-electron chi connectivity index (χ4n) is 5.79. The highest BCUT2D eigenvalue weighted by atomic mass is 19.4. The first-order chi connectivity index (χ1) is 27.1. The lowest BCUT2D eigenvalue weighted by atomic mass is 9.81. The molecule has 2 heterocycles. The quantitative estimate of drug-likeness (QED) is 0.105. The Labute approximate surface area is 329 Å². The molecule has 5 amide bonds. The van der Waals surface area contributed by atoms with Gasteiger partial charge in [-0.05, 0) is 29.5 Å². The Bertz CT molecular complexity index is 1960. The number of benzene rings is 2. The van der Waals surface area contributed by atoms with Gasteiger partial charge < -0.3 is 31.5 Å². The van der Waals surface area contributed by atoms with Crippen molar-refractivity contribution in [3.05, 3.63) is 95.3 Å². The molecule has 58 heavy (non-hydrogen) atoms. The third-order valence-corrected chi connectivity index (χ3v) is 8.53. The molecule has 0 spiro atoms. The van der Waals surface area contributed by atoms with Crippen LogP contribution in [0.25, 0.3) is 5.69 Å². The number of aliphatic carboxylic acids is 1. The van der Waals surface area contributed by atoms with Crippen molar-refractivity contribution in [1.82, 2.24) is 30.2 Å². The van der Waals surface area contributed by atoms with Crippen LogP contribution in [0.2, 0.25) is 0 Å². The summed E-state index contributed by atoms with van der Waals surface area (Å²) in [6.45, 7) is 4.75. The Kier molecular flexibility index (Phi) is 16.3. The van der Waals surface area contributed by atoms with E-state index in [4.69, 9.17) is 20.7 Å². The Morgan fingerprint density at radius 1 is 0.948 bits per heavy atom. The van der Waals surface area contributed by atoms with E-state index in [2.05, 4.69) is 10.6 Å². The van der Waals surface area contributed by atoms with Crippen molar-refractivity contribution in [2.75, 3.05) is 32.8 Å². The molecular weight excluding hydrogens is 777 g/mol. The number of rotatable bonds is 16. The zero-order chi connectivity index (χ0) is 43.4. The van der Waals surface area contributed by atoms with Gasteiger partial charge in [0.1, 0.15) is 23.9 Å². The van der Waals surface area contributed by atoms with Gasteiger partial charge in [0.25, 0.3) is 11.8 Å². The number of aliphatic hydroxyl groups excluding tert-OH is 1. The van der Waals surface area contributed by atoms with E-state index in [0.717, 1.165) is 40.8 Å². The van der Waals surface area contributed by atoms with E-state index in [1.807, 2.05) is 51.1 Å². The Morgan fingerprint density at radius 2 is 1.57 bits per heavy atom. The number of hydrogen-bond donors (Lipinski definition) is 5. The first kappa shape index (κ1) is 46.4. The number of aromatic nitrogens is 2. The van der Waals surface area contributed by atoms with Crippen LogP contribution >= 0.6 is 0 Å². The van der Waals surface area contributed by atoms with Crippen molar-refractivity contribution in [1.29, 1.82) is 0 Å². The second-order valence-corrected chi connectivity index (χ2v) is 14.0. The Balaban J connectivity index is 0.00000117. The molecule has 0 saturated carbocycles. The van der Waals surface area contributed by atoms with Gasteiger partial charge in [0.15, 0.2) is 0 Å². The van der Waals surface area contributed by atoms with Gasteiger partial charge in [-0.3, -0.25) is 28.9 Å². The minimum Gasteiger partial charge on any atom is -0.475 e. The number of nitrogens with two attached hydrogens (primary N) is 1. The number of aliphatic hydroxyl groups is 1. The van der Waals surface area contributed by atoms with Crippen LogP contribution in [-0.2, 0) is 35.2 Å². The molecule has 2 aromatic carbocycles. The summed E-state index contributed by atoms with van der Waals surface area (Å²) in [5.41, 5.74) is 7.32. The minimum absolute atomic E-state index is 0.0158. The zero-order valence-corrected chi connectivity index (χ0v) is 31.8. The molecule has 0 unspecified atom stereocenters. The normalized spacial score (nSPS) is 13.7. The molecular formula is C38H44F5N7O8. The molecule has 3 aromatic rings. The van der Waals surface area contributed by atoms with Gasteiger partial charge in [0.2, 0.25) is 17.7 Å². The van der Waals surface area contributed by atoms with Gasteiger partial charge in [-0.1, -0.05) is 51.1 Å². The van der Waals surface area contributed by atoms with Gasteiger partial charge in [0.05, 0.1) is 17.8 Å².